The van der Waals surface area contributed by atoms with Crippen LogP contribution < -0.4 is 4.74 Å². The Kier molecular flexibility index (Phi) is 36.8. The van der Waals surface area contributed by atoms with E-state index in [0.29, 0.717) is 165 Å². The Balaban J connectivity index is 1.78. The Hall–Kier alpha value is -2.03. The number of rotatable bonds is 44. The zero-order chi connectivity index (χ0) is 45.4. The van der Waals surface area contributed by atoms with E-state index in [0.717, 1.165) is 18.6 Å². The van der Waals surface area contributed by atoms with Crippen molar-refractivity contribution in [2.45, 2.75) is 85.0 Å². The molecule has 0 heterocycles. The lowest BCUT2D eigenvalue weighted by Gasteiger charge is -2.30. The number of hydrogen-bond donors (Lipinski definition) is 1. The normalized spacial score (nSPS) is 12.1. The molecule has 0 fully saturated rings. The third kappa shape index (κ3) is 34.4. The second-order valence-corrected chi connectivity index (χ2v) is 16.4. The zero-order valence-electron chi connectivity index (χ0n) is 39.4. The summed E-state index contributed by atoms with van der Waals surface area (Å²) in [6, 6.07) is 4.45. The minimum Gasteiger partial charge on any atom is -0.493 e. The standard InChI is InChI=1S/C46H84O16/c1-40-37-41(45(2,3)4)44(42(38-40)46(5,6)7)62-15-9-8-11-43(48)61-36-35-58-32-31-57-30-29-56-28-27-55-26-25-54-24-23-53-22-21-52-20-19-51-18-17-49-13-10-14-59-39-60-34-33-50-16-12-47/h37-38,47H,8-36,39H2,1-7H3. The van der Waals surface area contributed by atoms with Crippen LogP contribution in [-0.2, 0) is 77.2 Å². The van der Waals surface area contributed by atoms with Crippen LogP contribution in [0.1, 0.15) is 83.9 Å². The fourth-order valence-electron chi connectivity index (χ4n) is 5.46. The Morgan fingerprint density at radius 1 is 0.435 bits per heavy atom. The number of aryl methyl sites for hydroxylation is 1. The number of ether oxygens (including phenoxy) is 14. The molecular weight excluding hydrogens is 808 g/mol. The van der Waals surface area contributed by atoms with Gasteiger partial charge in [0.05, 0.1) is 152 Å². The van der Waals surface area contributed by atoms with Gasteiger partial charge in [-0.3, -0.25) is 4.79 Å². The van der Waals surface area contributed by atoms with E-state index in [-0.39, 0.29) is 36.8 Å². The van der Waals surface area contributed by atoms with Gasteiger partial charge in [0, 0.05) is 24.2 Å². The molecule has 0 aromatic heterocycles. The molecule has 0 unspecified atom stereocenters. The van der Waals surface area contributed by atoms with E-state index in [9.17, 15) is 4.79 Å². The van der Waals surface area contributed by atoms with Crippen molar-refractivity contribution in [3.63, 3.8) is 0 Å². The van der Waals surface area contributed by atoms with Gasteiger partial charge in [0.25, 0.3) is 0 Å². The third-order valence-electron chi connectivity index (χ3n) is 8.69. The van der Waals surface area contributed by atoms with Crippen LogP contribution in [0.4, 0.5) is 0 Å². The van der Waals surface area contributed by atoms with Crippen molar-refractivity contribution in [3.8, 4) is 5.75 Å². The van der Waals surface area contributed by atoms with E-state index < -0.39 is 0 Å². The smallest absolute Gasteiger partial charge is 0.305 e. The molecule has 0 amide bonds. The van der Waals surface area contributed by atoms with Crippen molar-refractivity contribution in [3.05, 3.63) is 28.8 Å². The molecule has 0 spiro atoms. The average Bonchev–Trinajstić information content (AvgIpc) is 3.22. The van der Waals surface area contributed by atoms with Crippen molar-refractivity contribution in [1.82, 2.24) is 0 Å². The van der Waals surface area contributed by atoms with Gasteiger partial charge >= 0.3 is 5.97 Å². The number of benzene rings is 1. The highest BCUT2D eigenvalue weighted by Crippen LogP contribution is 2.40. The number of carbonyl (C=O) groups is 1. The molecule has 62 heavy (non-hydrogen) atoms. The molecule has 16 nitrogen and oxygen atoms in total. The molecule has 0 atom stereocenters. The van der Waals surface area contributed by atoms with Crippen molar-refractivity contribution < 1.29 is 76.2 Å². The Bertz CT molecular complexity index is 1140. The van der Waals surface area contributed by atoms with Gasteiger partial charge in [-0.15, -0.1) is 0 Å². The lowest BCUT2D eigenvalue weighted by Crippen LogP contribution is -2.20. The summed E-state index contributed by atoms with van der Waals surface area (Å²) in [4.78, 5) is 12.2. The highest BCUT2D eigenvalue weighted by Gasteiger charge is 2.27. The third-order valence-corrected chi connectivity index (χ3v) is 8.69. The van der Waals surface area contributed by atoms with Crippen LogP contribution in [0.25, 0.3) is 0 Å². The molecule has 0 bridgehead atoms. The number of esters is 1. The highest BCUT2D eigenvalue weighted by atomic mass is 16.7. The van der Waals surface area contributed by atoms with Crippen LogP contribution in [-0.4, -0.2) is 183 Å². The Morgan fingerprint density at radius 2 is 0.774 bits per heavy atom. The Labute approximate surface area is 373 Å². The highest BCUT2D eigenvalue weighted by molar-refractivity contribution is 5.69. The molecule has 0 saturated heterocycles. The van der Waals surface area contributed by atoms with Gasteiger partial charge in [-0.1, -0.05) is 59.2 Å². The second-order valence-electron chi connectivity index (χ2n) is 16.4. The monoisotopic (exact) mass is 893 g/mol. The summed E-state index contributed by atoms with van der Waals surface area (Å²) in [6.07, 6.45) is 2.60. The van der Waals surface area contributed by atoms with Crippen molar-refractivity contribution in [1.29, 1.82) is 0 Å². The first kappa shape index (κ1) is 58.0. The molecular formula is C46H84O16. The molecule has 0 aliphatic heterocycles. The summed E-state index contributed by atoms with van der Waals surface area (Å²) >= 11 is 0. The lowest BCUT2D eigenvalue weighted by atomic mass is 9.78. The SMILES string of the molecule is Cc1cc(C(C)(C)C)c(OCCCCC(=O)OCCOCCOCCOCCOCCOCCOCCOCCOCCOCCCOCOCCOCCO)c(C(C)(C)C)c1. The fraction of sp³-hybridized carbons (Fsp3) is 0.848. The molecule has 364 valence electrons. The summed E-state index contributed by atoms with van der Waals surface area (Å²) in [6.45, 7) is 26.8. The van der Waals surface area contributed by atoms with Gasteiger partial charge in [0.1, 0.15) is 19.1 Å². The lowest BCUT2D eigenvalue weighted by molar-refractivity contribution is -0.145. The molecule has 1 aromatic carbocycles. The summed E-state index contributed by atoms with van der Waals surface area (Å²) < 4.78 is 76.9. The maximum Gasteiger partial charge on any atom is 0.305 e. The maximum absolute atomic E-state index is 12.2. The predicted molar refractivity (Wildman–Crippen MR) is 236 cm³/mol. The van der Waals surface area contributed by atoms with E-state index in [1.54, 1.807) is 0 Å². The van der Waals surface area contributed by atoms with Crippen molar-refractivity contribution >= 4 is 5.97 Å². The summed E-state index contributed by atoms with van der Waals surface area (Å²) in [7, 11) is 0. The maximum atomic E-state index is 12.2. The van der Waals surface area contributed by atoms with Crippen LogP contribution in [0, 0.1) is 6.92 Å². The number of carbonyl (C=O) groups excluding carboxylic acids is 1. The number of aliphatic hydroxyl groups excluding tert-OH is 1. The summed E-state index contributed by atoms with van der Waals surface area (Å²) in [5.41, 5.74) is 3.60. The van der Waals surface area contributed by atoms with Gasteiger partial charge in [-0.05, 0) is 37.0 Å². The van der Waals surface area contributed by atoms with E-state index in [1.165, 1.54) is 16.7 Å². The van der Waals surface area contributed by atoms with Crippen LogP contribution in [0.5, 0.6) is 5.75 Å². The minimum atomic E-state index is -0.224. The summed E-state index contributed by atoms with van der Waals surface area (Å²) in [5.74, 6) is 0.752. The number of hydrogen-bond acceptors (Lipinski definition) is 16. The van der Waals surface area contributed by atoms with E-state index >= 15 is 0 Å². The number of unbranched alkanes of at least 4 members (excludes halogenated alkanes) is 1. The largest absolute Gasteiger partial charge is 0.493 e. The average molecular weight is 893 g/mol. The van der Waals surface area contributed by atoms with E-state index in [2.05, 4.69) is 60.6 Å². The fourth-order valence-corrected chi connectivity index (χ4v) is 5.46. The molecule has 1 rings (SSSR count). The molecule has 1 N–H and O–H groups in total. The predicted octanol–water partition coefficient (Wildman–Crippen LogP) is 5.22. The molecule has 0 aliphatic rings. The van der Waals surface area contributed by atoms with Gasteiger partial charge in [-0.2, -0.15) is 0 Å². The van der Waals surface area contributed by atoms with Gasteiger partial charge in [-0.25, -0.2) is 0 Å². The van der Waals surface area contributed by atoms with Gasteiger partial charge in [0.15, 0.2) is 0 Å². The zero-order valence-corrected chi connectivity index (χ0v) is 39.4. The first-order valence-electron chi connectivity index (χ1n) is 22.4. The molecule has 16 heteroatoms. The van der Waals surface area contributed by atoms with Gasteiger partial charge in [0.2, 0.25) is 0 Å². The first-order valence-corrected chi connectivity index (χ1v) is 22.4. The number of aliphatic hydroxyl groups is 1. The van der Waals surface area contributed by atoms with Crippen molar-refractivity contribution in [2.75, 3.05) is 172 Å². The quantitative estimate of drug-likeness (QED) is 0.0514. The molecule has 0 radical (unpaired) electrons. The van der Waals surface area contributed by atoms with Crippen LogP contribution in [0.15, 0.2) is 12.1 Å². The Morgan fingerprint density at radius 3 is 1.18 bits per heavy atom. The molecule has 0 saturated carbocycles. The van der Waals surface area contributed by atoms with Crippen LogP contribution >= 0.6 is 0 Å². The topological polar surface area (TPSA) is 167 Å². The van der Waals surface area contributed by atoms with Gasteiger partial charge < -0.3 is 71.4 Å². The minimum absolute atomic E-state index is 0.0130. The molecule has 1 aromatic rings. The van der Waals surface area contributed by atoms with Crippen molar-refractivity contribution in [2.24, 2.45) is 0 Å². The second kappa shape index (κ2) is 39.3. The van der Waals surface area contributed by atoms with Crippen LogP contribution in [0.3, 0.4) is 0 Å². The van der Waals surface area contributed by atoms with E-state index in [1.807, 2.05) is 0 Å². The molecule has 0 aliphatic carbocycles. The summed E-state index contributed by atoms with van der Waals surface area (Å²) in [5, 5.41) is 8.60. The first-order chi connectivity index (χ1) is 30.0. The van der Waals surface area contributed by atoms with Crippen LogP contribution in [0.2, 0.25) is 0 Å². The van der Waals surface area contributed by atoms with E-state index in [4.69, 9.17) is 71.4 Å².